The summed E-state index contributed by atoms with van der Waals surface area (Å²) >= 11 is 0. The van der Waals surface area contributed by atoms with Gasteiger partial charge in [0.25, 0.3) is 0 Å². The summed E-state index contributed by atoms with van der Waals surface area (Å²) in [5.41, 5.74) is 7.46. The highest BCUT2D eigenvalue weighted by molar-refractivity contribution is 6.04. The van der Waals surface area contributed by atoms with Gasteiger partial charge in [0.1, 0.15) is 5.82 Å². The van der Waals surface area contributed by atoms with Crippen LogP contribution in [0.3, 0.4) is 0 Å². The van der Waals surface area contributed by atoms with Crippen molar-refractivity contribution < 1.29 is 5.21 Å². The fourth-order valence-electron chi connectivity index (χ4n) is 2.69. The SMILES string of the molecule is NC(=NO)c1cc2ccccc2nc1N1CCCCC1. The van der Waals surface area contributed by atoms with E-state index in [1.54, 1.807) is 0 Å². The Hall–Kier alpha value is -2.30. The number of pyridine rings is 1. The average Bonchev–Trinajstić information content (AvgIpc) is 2.53. The van der Waals surface area contributed by atoms with Gasteiger partial charge in [-0.15, -0.1) is 0 Å². The molecule has 0 bridgehead atoms. The van der Waals surface area contributed by atoms with Gasteiger partial charge in [-0.1, -0.05) is 23.4 Å². The first-order valence-electron chi connectivity index (χ1n) is 6.92. The molecule has 0 atom stereocenters. The van der Waals surface area contributed by atoms with E-state index in [1.807, 2.05) is 30.3 Å². The molecule has 0 amide bonds. The van der Waals surface area contributed by atoms with Crippen LogP contribution in [0.5, 0.6) is 0 Å². The van der Waals surface area contributed by atoms with Crippen LogP contribution < -0.4 is 10.6 Å². The van der Waals surface area contributed by atoms with E-state index in [0.29, 0.717) is 5.56 Å². The van der Waals surface area contributed by atoms with Crippen LogP contribution in [0, 0.1) is 0 Å². The van der Waals surface area contributed by atoms with Crippen molar-refractivity contribution in [2.45, 2.75) is 19.3 Å². The number of aromatic nitrogens is 1. The van der Waals surface area contributed by atoms with Crippen molar-refractivity contribution in [2.24, 2.45) is 10.9 Å². The molecule has 1 aromatic heterocycles. The average molecular weight is 270 g/mol. The lowest BCUT2D eigenvalue weighted by Crippen LogP contribution is -2.32. The van der Waals surface area contributed by atoms with Gasteiger partial charge >= 0.3 is 0 Å². The maximum atomic E-state index is 9.00. The quantitative estimate of drug-likeness (QED) is 0.380. The van der Waals surface area contributed by atoms with E-state index in [2.05, 4.69) is 10.1 Å². The van der Waals surface area contributed by atoms with E-state index in [4.69, 9.17) is 15.9 Å². The molecule has 0 radical (unpaired) electrons. The fourth-order valence-corrected chi connectivity index (χ4v) is 2.69. The molecule has 3 rings (SSSR count). The Morgan fingerprint density at radius 3 is 2.70 bits per heavy atom. The molecule has 2 aromatic rings. The van der Waals surface area contributed by atoms with Crippen molar-refractivity contribution >= 4 is 22.6 Å². The molecule has 0 aliphatic carbocycles. The lowest BCUT2D eigenvalue weighted by atomic mass is 10.1. The molecule has 1 aromatic carbocycles. The molecule has 0 saturated carbocycles. The van der Waals surface area contributed by atoms with Gasteiger partial charge < -0.3 is 15.8 Å². The second-order valence-electron chi connectivity index (χ2n) is 5.09. The Morgan fingerprint density at radius 1 is 1.20 bits per heavy atom. The smallest absolute Gasteiger partial charge is 0.173 e. The van der Waals surface area contributed by atoms with Gasteiger partial charge in [0.15, 0.2) is 5.84 Å². The van der Waals surface area contributed by atoms with E-state index in [0.717, 1.165) is 42.7 Å². The summed E-state index contributed by atoms with van der Waals surface area (Å²) in [4.78, 5) is 6.95. The molecule has 5 nitrogen and oxygen atoms in total. The molecule has 1 aliphatic heterocycles. The van der Waals surface area contributed by atoms with E-state index in [-0.39, 0.29) is 5.84 Å². The number of hydrogen-bond acceptors (Lipinski definition) is 4. The van der Waals surface area contributed by atoms with Crippen LogP contribution in [0.4, 0.5) is 5.82 Å². The van der Waals surface area contributed by atoms with Crippen LogP contribution in [-0.4, -0.2) is 29.1 Å². The summed E-state index contributed by atoms with van der Waals surface area (Å²) in [7, 11) is 0. The van der Waals surface area contributed by atoms with Crippen LogP contribution in [0.15, 0.2) is 35.5 Å². The molecule has 0 spiro atoms. The maximum absolute atomic E-state index is 9.00. The number of fused-ring (bicyclic) bond motifs is 1. The summed E-state index contributed by atoms with van der Waals surface area (Å²) in [6.07, 6.45) is 3.57. The Bertz CT molecular complexity index is 647. The van der Waals surface area contributed by atoms with Crippen LogP contribution in [0.1, 0.15) is 24.8 Å². The number of oxime groups is 1. The summed E-state index contributed by atoms with van der Waals surface area (Å²) < 4.78 is 0. The van der Waals surface area contributed by atoms with Gasteiger partial charge in [0.2, 0.25) is 0 Å². The van der Waals surface area contributed by atoms with Gasteiger partial charge in [0.05, 0.1) is 11.1 Å². The highest BCUT2D eigenvalue weighted by Crippen LogP contribution is 2.26. The first-order chi connectivity index (χ1) is 9.79. The van der Waals surface area contributed by atoms with Gasteiger partial charge in [0, 0.05) is 18.5 Å². The number of nitrogens with zero attached hydrogens (tertiary/aromatic N) is 3. The van der Waals surface area contributed by atoms with Crippen molar-refractivity contribution in [3.8, 4) is 0 Å². The molecule has 1 fully saturated rings. The molecule has 2 heterocycles. The van der Waals surface area contributed by atoms with Crippen LogP contribution in [-0.2, 0) is 0 Å². The number of hydrogen-bond donors (Lipinski definition) is 2. The number of piperidine rings is 1. The van der Waals surface area contributed by atoms with Crippen molar-refractivity contribution in [1.29, 1.82) is 0 Å². The van der Waals surface area contributed by atoms with E-state index >= 15 is 0 Å². The zero-order chi connectivity index (χ0) is 13.9. The van der Waals surface area contributed by atoms with Crippen molar-refractivity contribution in [1.82, 2.24) is 4.98 Å². The summed E-state index contributed by atoms with van der Waals surface area (Å²) in [6.45, 7) is 1.94. The monoisotopic (exact) mass is 270 g/mol. The highest BCUT2D eigenvalue weighted by Gasteiger charge is 2.19. The zero-order valence-corrected chi connectivity index (χ0v) is 11.3. The third kappa shape index (κ3) is 2.27. The Morgan fingerprint density at radius 2 is 1.95 bits per heavy atom. The van der Waals surface area contributed by atoms with Gasteiger partial charge in [-0.05, 0) is 31.4 Å². The minimum absolute atomic E-state index is 0.115. The number of rotatable bonds is 2. The predicted octanol–water partition coefficient (Wildman–Crippen LogP) is 2.32. The van der Waals surface area contributed by atoms with Crippen molar-refractivity contribution in [3.05, 3.63) is 35.9 Å². The van der Waals surface area contributed by atoms with Crippen molar-refractivity contribution in [3.63, 3.8) is 0 Å². The van der Waals surface area contributed by atoms with Crippen LogP contribution in [0.25, 0.3) is 10.9 Å². The summed E-state index contributed by atoms with van der Waals surface area (Å²) in [5.74, 6) is 0.933. The highest BCUT2D eigenvalue weighted by atomic mass is 16.4. The van der Waals surface area contributed by atoms with Gasteiger partial charge in [-0.25, -0.2) is 4.98 Å². The van der Waals surface area contributed by atoms with Gasteiger partial charge in [-0.3, -0.25) is 0 Å². The molecule has 5 heteroatoms. The second-order valence-corrected chi connectivity index (χ2v) is 5.09. The third-order valence-electron chi connectivity index (χ3n) is 3.74. The topological polar surface area (TPSA) is 74.7 Å². The van der Waals surface area contributed by atoms with E-state index < -0.39 is 0 Å². The number of para-hydroxylation sites is 1. The molecule has 1 saturated heterocycles. The minimum atomic E-state index is 0.115. The van der Waals surface area contributed by atoms with Gasteiger partial charge in [-0.2, -0.15) is 0 Å². The molecular weight excluding hydrogens is 252 g/mol. The number of nitrogens with two attached hydrogens (primary N) is 1. The Kier molecular flexibility index (Phi) is 3.41. The standard InChI is InChI=1S/C15H18N4O/c16-14(18-20)12-10-11-6-2-3-7-13(11)17-15(12)19-8-4-1-5-9-19/h2-3,6-7,10,20H,1,4-5,8-9H2,(H2,16,18). The number of benzene rings is 1. The fraction of sp³-hybridized carbons (Fsp3) is 0.333. The predicted molar refractivity (Wildman–Crippen MR) is 80.3 cm³/mol. The third-order valence-corrected chi connectivity index (χ3v) is 3.74. The lowest BCUT2D eigenvalue weighted by Gasteiger charge is -2.29. The largest absolute Gasteiger partial charge is 0.409 e. The summed E-state index contributed by atoms with van der Waals surface area (Å²) in [6, 6.07) is 9.84. The van der Waals surface area contributed by atoms with E-state index in [1.165, 1.54) is 6.42 Å². The zero-order valence-electron chi connectivity index (χ0n) is 11.3. The minimum Gasteiger partial charge on any atom is -0.409 e. The number of amidine groups is 1. The van der Waals surface area contributed by atoms with Crippen molar-refractivity contribution in [2.75, 3.05) is 18.0 Å². The molecule has 3 N–H and O–H groups in total. The number of anilines is 1. The molecular formula is C15H18N4O. The molecule has 1 aliphatic rings. The second kappa shape index (κ2) is 5.36. The Balaban J connectivity index is 2.15. The lowest BCUT2D eigenvalue weighted by molar-refractivity contribution is 0.318. The first kappa shape index (κ1) is 12.7. The normalized spacial score (nSPS) is 16.6. The van der Waals surface area contributed by atoms with E-state index in [9.17, 15) is 0 Å². The maximum Gasteiger partial charge on any atom is 0.173 e. The Labute approximate surface area is 117 Å². The summed E-state index contributed by atoms with van der Waals surface area (Å²) in [5, 5.41) is 13.1. The van der Waals surface area contributed by atoms with Crippen LogP contribution in [0.2, 0.25) is 0 Å². The molecule has 104 valence electrons. The molecule has 20 heavy (non-hydrogen) atoms. The van der Waals surface area contributed by atoms with Crippen LogP contribution >= 0.6 is 0 Å². The first-order valence-corrected chi connectivity index (χ1v) is 6.92. The molecule has 0 unspecified atom stereocenters.